The summed E-state index contributed by atoms with van der Waals surface area (Å²) >= 11 is 0. The predicted octanol–water partition coefficient (Wildman–Crippen LogP) is 2.00. The fourth-order valence-electron chi connectivity index (χ4n) is 3.08. The van der Waals surface area contributed by atoms with Crippen LogP contribution < -0.4 is 5.73 Å². The fraction of sp³-hybridized carbons (Fsp3) is 0.571. The van der Waals surface area contributed by atoms with E-state index in [1.807, 2.05) is 13.1 Å². The quantitative estimate of drug-likeness (QED) is 0.865. The van der Waals surface area contributed by atoms with Crippen molar-refractivity contribution in [3.05, 3.63) is 29.6 Å². The molecule has 0 spiro atoms. The van der Waals surface area contributed by atoms with Crippen LogP contribution in [0.4, 0.5) is 0 Å². The predicted molar refractivity (Wildman–Crippen MR) is 72.3 cm³/mol. The molecule has 1 saturated carbocycles. The Morgan fingerprint density at radius 3 is 2.72 bits per heavy atom. The van der Waals surface area contributed by atoms with E-state index in [4.69, 9.17) is 5.73 Å². The Balaban J connectivity index is 1.85. The highest BCUT2D eigenvalue weighted by Crippen LogP contribution is 2.33. The molecule has 0 aromatic carbocycles. The minimum atomic E-state index is 0.293. The minimum absolute atomic E-state index is 0.293. The lowest BCUT2D eigenvalue weighted by atomic mass is 10.1. The number of hydrogen-bond acceptors (Lipinski definition) is 4. The number of aromatic nitrogens is 1. The molecule has 0 radical (unpaired) electrons. The van der Waals surface area contributed by atoms with Gasteiger partial charge >= 0.3 is 0 Å². The molecule has 1 aliphatic heterocycles. The Kier molecular flexibility index (Phi) is 2.94. The molecule has 3 rings (SSSR count). The normalized spacial score (nSPS) is 24.6. The molecule has 1 unspecified atom stereocenters. The van der Waals surface area contributed by atoms with E-state index >= 15 is 0 Å². The summed E-state index contributed by atoms with van der Waals surface area (Å²) in [4.78, 5) is 11.1. The molecule has 0 saturated heterocycles. The highest BCUT2D eigenvalue weighted by molar-refractivity contribution is 5.80. The van der Waals surface area contributed by atoms with Gasteiger partial charge < -0.3 is 10.6 Å². The first-order chi connectivity index (χ1) is 8.75. The van der Waals surface area contributed by atoms with Crippen LogP contribution in [-0.4, -0.2) is 28.4 Å². The first kappa shape index (κ1) is 11.5. The lowest BCUT2D eigenvalue weighted by Gasteiger charge is -2.32. The summed E-state index contributed by atoms with van der Waals surface area (Å²) in [5.74, 6) is 0.715. The second-order valence-corrected chi connectivity index (χ2v) is 5.29. The molecule has 2 N–H and O–H groups in total. The summed E-state index contributed by atoms with van der Waals surface area (Å²) in [5, 5.41) is 0. The van der Waals surface area contributed by atoms with Crippen LogP contribution >= 0.6 is 0 Å². The summed E-state index contributed by atoms with van der Waals surface area (Å²) in [6, 6.07) is 5.09. The Morgan fingerprint density at radius 2 is 2.06 bits per heavy atom. The molecule has 18 heavy (non-hydrogen) atoms. The highest BCUT2D eigenvalue weighted by Gasteiger charge is 2.34. The van der Waals surface area contributed by atoms with Gasteiger partial charge in [0, 0.05) is 17.9 Å². The van der Waals surface area contributed by atoms with Crippen LogP contribution in [-0.2, 0) is 0 Å². The Bertz CT molecular complexity index is 445. The van der Waals surface area contributed by atoms with Gasteiger partial charge in [0.05, 0.1) is 12.6 Å². The fourth-order valence-corrected chi connectivity index (χ4v) is 3.08. The molecule has 96 valence electrons. The standard InChI is InChI=1S/C14H20N4/c1-10-6-7-11(8-16-10)13-9-17-14(15)18(13)12-4-2-3-5-12/h6-8,12-13H,2-5,9H2,1H3,(H2,15,17). The summed E-state index contributed by atoms with van der Waals surface area (Å²) in [7, 11) is 0. The van der Waals surface area contributed by atoms with Gasteiger partial charge in [-0.15, -0.1) is 0 Å². The lowest BCUT2D eigenvalue weighted by molar-refractivity contribution is 0.262. The van der Waals surface area contributed by atoms with Crippen molar-refractivity contribution in [2.45, 2.75) is 44.7 Å². The van der Waals surface area contributed by atoms with Crippen molar-refractivity contribution in [3.63, 3.8) is 0 Å². The Morgan fingerprint density at radius 1 is 1.28 bits per heavy atom. The van der Waals surface area contributed by atoms with Gasteiger partial charge in [0.2, 0.25) is 0 Å². The minimum Gasteiger partial charge on any atom is -0.370 e. The zero-order chi connectivity index (χ0) is 12.5. The molecule has 2 aliphatic rings. The first-order valence-electron chi connectivity index (χ1n) is 6.76. The largest absolute Gasteiger partial charge is 0.370 e. The van der Waals surface area contributed by atoms with Crippen LogP contribution in [0.5, 0.6) is 0 Å². The second-order valence-electron chi connectivity index (χ2n) is 5.29. The number of pyridine rings is 1. The lowest BCUT2D eigenvalue weighted by Crippen LogP contribution is -2.42. The van der Waals surface area contributed by atoms with Crippen molar-refractivity contribution in [2.75, 3.05) is 6.54 Å². The van der Waals surface area contributed by atoms with Gasteiger partial charge in [0.15, 0.2) is 5.96 Å². The second kappa shape index (κ2) is 4.59. The van der Waals surface area contributed by atoms with E-state index in [1.165, 1.54) is 31.2 Å². The summed E-state index contributed by atoms with van der Waals surface area (Å²) in [6.45, 7) is 2.78. The van der Waals surface area contributed by atoms with Crippen LogP contribution in [0.1, 0.15) is 43.0 Å². The molecule has 4 heteroatoms. The van der Waals surface area contributed by atoms with E-state index in [2.05, 4.69) is 27.0 Å². The van der Waals surface area contributed by atoms with Crippen molar-refractivity contribution in [1.82, 2.24) is 9.88 Å². The third-order valence-electron chi connectivity index (χ3n) is 4.06. The number of hydrogen-bond donors (Lipinski definition) is 1. The summed E-state index contributed by atoms with van der Waals surface area (Å²) in [6.07, 6.45) is 7.08. The van der Waals surface area contributed by atoms with E-state index in [0.29, 0.717) is 18.0 Å². The van der Waals surface area contributed by atoms with Crippen LogP contribution in [0.2, 0.25) is 0 Å². The topological polar surface area (TPSA) is 54.5 Å². The molecular formula is C14H20N4. The number of aryl methyl sites for hydroxylation is 1. The van der Waals surface area contributed by atoms with Crippen LogP contribution in [0.3, 0.4) is 0 Å². The third kappa shape index (κ3) is 1.96. The van der Waals surface area contributed by atoms with Crippen LogP contribution in [0, 0.1) is 6.92 Å². The molecular weight excluding hydrogens is 224 g/mol. The number of nitrogens with two attached hydrogens (primary N) is 1. The summed E-state index contributed by atoms with van der Waals surface area (Å²) < 4.78 is 0. The average Bonchev–Trinajstić information content (AvgIpc) is 2.99. The highest BCUT2D eigenvalue weighted by atomic mass is 15.3. The van der Waals surface area contributed by atoms with Crippen molar-refractivity contribution in [3.8, 4) is 0 Å². The molecule has 0 bridgehead atoms. The number of aliphatic imine (C=N–C) groups is 1. The van der Waals surface area contributed by atoms with E-state index in [-0.39, 0.29) is 0 Å². The monoisotopic (exact) mass is 244 g/mol. The van der Waals surface area contributed by atoms with Gasteiger partial charge in [-0.2, -0.15) is 0 Å². The molecule has 4 nitrogen and oxygen atoms in total. The molecule has 1 aromatic heterocycles. The van der Waals surface area contributed by atoms with Gasteiger partial charge in [0.1, 0.15) is 0 Å². The van der Waals surface area contributed by atoms with Gasteiger partial charge in [-0.1, -0.05) is 18.9 Å². The molecule has 1 aromatic rings. The molecule has 0 amide bonds. The van der Waals surface area contributed by atoms with Crippen molar-refractivity contribution in [2.24, 2.45) is 10.7 Å². The first-order valence-corrected chi connectivity index (χ1v) is 6.76. The number of guanidine groups is 1. The Labute approximate surface area is 108 Å². The van der Waals surface area contributed by atoms with Gasteiger partial charge in [0.25, 0.3) is 0 Å². The zero-order valence-corrected chi connectivity index (χ0v) is 10.8. The van der Waals surface area contributed by atoms with Crippen LogP contribution in [0.25, 0.3) is 0 Å². The smallest absolute Gasteiger partial charge is 0.192 e. The maximum Gasteiger partial charge on any atom is 0.192 e. The molecule has 2 heterocycles. The Hall–Kier alpha value is -1.58. The van der Waals surface area contributed by atoms with E-state index in [0.717, 1.165) is 12.2 Å². The van der Waals surface area contributed by atoms with Crippen LogP contribution in [0.15, 0.2) is 23.3 Å². The zero-order valence-electron chi connectivity index (χ0n) is 10.8. The number of rotatable bonds is 2. The average molecular weight is 244 g/mol. The van der Waals surface area contributed by atoms with Gasteiger partial charge in [-0.3, -0.25) is 9.98 Å². The van der Waals surface area contributed by atoms with E-state index in [9.17, 15) is 0 Å². The molecule has 1 aliphatic carbocycles. The van der Waals surface area contributed by atoms with Gasteiger partial charge in [-0.05, 0) is 31.4 Å². The molecule has 1 atom stereocenters. The SMILES string of the molecule is Cc1ccc(C2CN=C(N)N2C2CCCC2)cn1. The number of nitrogens with zero attached hydrogens (tertiary/aromatic N) is 3. The molecule has 1 fully saturated rings. The van der Waals surface area contributed by atoms with Gasteiger partial charge in [-0.25, -0.2) is 0 Å². The maximum atomic E-state index is 6.07. The maximum absolute atomic E-state index is 6.07. The van der Waals surface area contributed by atoms with E-state index < -0.39 is 0 Å². The van der Waals surface area contributed by atoms with E-state index in [1.54, 1.807) is 0 Å². The third-order valence-corrected chi connectivity index (χ3v) is 4.06. The van der Waals surface area contributed by atoms with Crippen molar-refractivity contribution in [1.29, 1.82) is 0 Å². The van der Waals surface area contributed by atoms with Crippen molar-refractivity contribution >= 4 is 5.96 Å². The van der Waals surface area contributed by atoms with Crippen molar-refractivity contribution < 1.29 is 0 Å². The summed E-state index contributed by atoms with van der Waals surface area (Å²) in [5.41, 5.74) is 8.36.